The van der Waals surface area contributed by atoms with Gasteiger partial charge in [0.2, 0.25) is 6.79 Å². The molecule has 0 aliphatic carbocycles. The van der Waals surface area contributed by atoms with Gasteiger partial charge in [0.05, 0.1) is 5.69 Å². The highest BCUT2D eigenvalue weighted by molar-refractivity contribution is 5.96. The van der Waals surface area contributed by atoms with Crippen LogP contribution >= 0.6 is 0 Å². The van der Waals surface area contributed by atoms with Gasteiger partial charge in [0.15, 0.2) is 11.5 Å². The van der Waals surface area contributed by atoms with Crippen molar-refractivity contribution in [3.05, 3.63) is 70.5 Å². The molecule has 154 valence electrons. The molecule has 7 heteroatoms. The van der Waals surface area contributed by atoms with Crippen LogP contribution in [0.2, 0.25) is 0 Å². The minimum Gasteiger partial charge on any atom is -0.454 e. The van der Waals surface area contributed by atoms with E-state index in [9.17, 15) is 9.59 Å². The highest BCUT2D eigenvalue weighted by Crippen LogP contribution is 2.35. The van der Waals surface area contributed by atoms with Crippen LogP contribution in [0, 0.1) is 0 Å². The van der Waals surface area contributed by atoms with Crippen molar-refractivity contribution in [1.82, 2.24) is 9.78 Å². The molecule has 1 aromatic heterocycles. The largest absolute Gasteiger partial charge is 0.454 e. The fourth-order valence-electron chi connectivity index (χ4n) is 3.34. The number of rotatable bonds is 5. The van der Waals surface area contributed by atoms with Crippen molar-refractivity contribution >= 4 is 11.6 Å². The van der Waals surface area contributed by atoms with Gasteiger partial charge < -0.3 is 14.8 Å². The summed E-state index contributed by atoms with van der Waals surface area (Å²) in [5.74, 6) is 0.974. The quantitative estimate of drug-likeness (QED) is 0.702. The number of nitrogens with one attached hydrogen (secondary N) is 1. The van der Waals surface area contributed by atoms with Gasteiger partial charge in [-0.15, -0.1) is 0 Å². The summed E-state index contributed by atoms with van der Waals surface area (Å²) >= 11 is 0. The summed E-state index contributed by atoms with van der Waals surface area (Å²) in [5.41, 5.74) is 1.52. The molecule has 30 heavy (non-hydrogen) atoms. The van der Waals surface area contributed by atoms with E-state index in [-0.39, 0.29) is 18.3 Å². The molecule has 1 amide bonds. The second-order valence-corrected chi connectivity index (χ2v) is 7.56. The van der Waals surface area contributed by atoms with Gasteiger partial charge in [-0.25, -0.2) is 4.68 Å². The van der Waals surface area contributed by atoms with Gasteiger partial charge in [0.25, 0.3) is 11.5 Å². The number of fused-ring (bicyclic) bond motifs is 1. The average Bonchev–Trinajstić information content (AvgIpc) is 3.22. The maximum Gasteiger partial charge on any atom is 0.267 e. The molecule has 0 saturated carbocycles. The van der Waals surface area contributed by atoms with Crippen molar-refractivity contribution in [2.45, 2.75) is 32.7 Å². The molecule has 1 aliphatic rings. The third-order valence-electron chi connectivity index (χ3n) is 5.20. The summed E-state index contributed by atoms with van der Waals surface area (Å²) in [6.45, 7) is 5.55. The number of amides is 1. The first kappa shape index (κ1) is 19.7. The lowest BCUT2D eigenvalue weighted by molar-refractivity contribution is -0.123. The summed E-state index contributed by atoms with van der Waals surface area (Å²) in [7, 11) is 0. The number of hydrogen-bond donors (Lipinski definition) is 1. The highest BCUT2D eigenvalue weighted by atomic mass is 16.7. The van der Waals surface area contributed by atoms with E-state index in [1.54, 1.807) is 26.0 Å². The van der Waals surface area contributed by atoms with Crippen molar-refractivity contribution < 1.29 is 14.3 Å². The minimum atomic E-state index is -1.20. The molecule has 1 aliphatic heterocycles. The Labute approximate surface area is 174 Å². The van der Waals surface area contributed by atoms with Crippen molar-refractivity contribution in [2.75, 3.05) is 12.1 Å². The second kappa shape index (κ2) is 7.67. The van der Waals surface area contributed by atoms with Crippen LogP contribution in [-0.4, -0.2) is 22.5 Å². The van der Waals surface area contributed by atoms with E-state index in [2.05, 4.69) is 10.4 Å². The molecular formula is C23H23N3O4. The summed E-state index contributed by atoms with van der Waals surface area (Å²) in [6.07, 6.45) is 0.786. The maximum absolute atomic E-state index is 13.1. The molecule has 0 unspecified atom stereocenters. The zero-order chi connectivity index (χ0) is 21.3. The monoisotopic (exact) mass is 405 g/mol. The number of aromatic nitrogens is 2. The summed E-state index contributed by atoms with van der Waals surface area (Å²) < 4.78 is 12.0. The Morgan fingerprint density at radius 3 is 2.67 bits per heavy atom. The first-order valence-corrected chi connectivity index (χ1v) is 9.80. The van der Waals surface area contributed by atoms with E-state index < -0.39 is 5.54 Å². The molecule has 0 bridgehead atoms. The lowest BCUT2D eigenvalue weighted by atomic mass is 10.0. The molecule has 2 aromatic carbocycles. The highest BCUT2D eigenvalue weighted by Gasteiger charge is 2.32. The summed E-state index contributed by atoms with van der Waals surface area (Å²) in [5, 5.41) is 7.44. The van der Waals surface area contributed by atoms with E-state index in [1.165, 1.54) is 10.7 Å². The van der Waals surface area contributed by atoms with Gasteiger partial charge in [-0.05, 0) is 56.2 Å². The SMILES string of the molecule is CCc1ccccc1NC(=O)C(C)(C)n1nc(-c2ccc3c(c2)OCO3)ccc1=O. The Hall–Kier alpha value is -3.61. The number of carbonyl (C=O) groups excluding carboxylic acids is 1. The number of para-hydroxylation sites is 1. The van der Waals surface area contributed by atoms with Crippen molar-refractivity contribution in [3.8, 4) is 22.8 Å². The molecule has 0 atom stereocenters. The Morgan fingerprint density at radius 2 is 1.87 bits per heavy atom. The fourth-order valence-corrected chi connectivity index (χ4v) is 3.34. The van der Waals surface area contributed by atoms with Crippen LogP contribution in [0.15, 0.2) is 59.4 Å². The number of anilines is 1. The minimum absolute atomic E-state index is 0.179. The van der Waals surface area contributed by atoms with Gasteiger partial charge in [-0.3, -0.25) is 9.59 Å². The third-order valence-corrected chi connectivity index (χ3v) is 5.20. The van der Waals surface area contributed by atoms with E-state index in [4.69, 9.17) is 9.47 Å². The van der Waals surface area contributed by atoms with E-state index >= 15 is 0 Å². The third kappa shape index (κ3) is 3.54. The number of nitrogens with zero attached hydrogens (tertiary/aromatic N) is 2. The number of aryl methyl sites for hydroxylation is 1. The van der Waals surface area contributed by atoms with Crippen LogP contribution in [0.4, 0.5) is 5.69 Å². The Kier molecular flexibility index (Phi) is 5.03. The van der Waals surface area contributed by atoms with Crippen LogP contribution in [0.5, 0.6) is 11.5 Å². The zero-order valence-electron chi connectivity index (χ0n) is 17.1. The predicted octanol–water partition coefficient (Wildman–Crippen LogP) is 3.58. The average molecular weight is 405 g/mol. The van der Waals surface area contributed by atoms with Crippen LogP contribution < -0.4 is 20.3 Å². The van der Waals surface area contributed by atoms with Crippen LogP contribution in [0.3, 0.4) is 0 Å². The van der Waals surface area contributed by atoms with Crippen LogP contribution in [0.1, 0.15) is 26.3 Å². The smallest absolute Gasteiger partial charge is 0.267 e. The Bertz CT molecular complexity index is 1170. The van der Waals surface area contributed by atoms with E-state index in [0.29, 0.717) is 17.2 Å². The zero-order valence-corrected chi connectivity index (χ0v) is 17.1. The van der Waals surface area contributed by atoms with Gasteiger partial charge in [0, 0.05) is 17.3 Å². The molecule has 4 rings (SSSR count). The Morgan fingerprint density at radius 1 is 1.10 bits per heavy atom. The van der Waals surface area contributed by atoms with Gasteiger partial charge >= 0.3 is 0 Å². The second-order valence-electron chi connectivity index (χ2n) is 7.56. The first-order chi connectivity index (χ1) is 14.4. The van der Waals surface area contributed by atoms with Crippen LogP contribution in [0.25, 0.3) is 11.3 Å². The standard InChI is InChI=1S/C23H23N3O4/c1-4-15-7-5-6-8-17(15)24-22(28)23(2,3)26-21(27)12-10-18(25-26)16-9-11-19-20(13-16)30-14-29-19/h5-13H,4,14H2,1-3H3,(H,24,28). The summed E-state index contributed by atoms with van der Waals surface area (Å²) in [6, 6.07) is 16.1. The van der Waals surface area contributed by atoms with Crippen LogP contribution in [-0.2, 0) is 16.8 Å². The molecule has 0 radical (unpaired) electrons. The molecule has 0 fully saturated rings. The fraction of sp³-hybridized carbons (Fsp3) is 0.261. The van der Waals surface area contributed by atoms with E-state index in [1.807, 2.05) is 43.3 Å². The van der Waals surface area contributed by atoms with Crippen molar-refractivity contribution in [2.24, 2.45) is 0 Å². The first-order valence-electron chi connectivity index (χ1n) is 9.80. The lowest BCUT2D eigenvalue weighted by Crippen LogP contribution is -2.47. The van der Waals surface area contributed by atoms with Gasteiger partial charge in [-0.1, -0.05) is 25.1 Å². The molecule has 0 saturated heterocycles. The molecular weight excluding hydrogens is 382 g/mol. The van der Waals surface area contributed by atoms with Crippen molar-refractivity contribution in [3.63, 3.8) is 0 Å². The molecule has 7 nitrogen and oxygen atoms in total. The topological polar surface area (TPSA) is 82.5 Å². The number of hydrogen-bond acceptors (Lipinski definition) is 5. The maximum atomic E-state index is 13.1. The van der Waals surface area contributed by atoms with Gasteiger partial charge in [0.1, 0.15) is 5.54 Å². The molecule has 1 N–H and O–H groups in total. The van der Waals surface area contributed by atoms with Gasteiger partial charge in [-0.2, -0.15) is 5.10 Å². The molecule has 2 heterocycles. The number of benzene rings is 2. The lowest BCUT2D eigenvalue weighted by Gasteiger charge is -2.26. The molecule has 0 spiro atoms. The normalized spacial score (nSPS) is 12.6. The summed E-state index contributed by atoms with van der Waals surface area (Å²) in [4.78, 5) is 25.7. The Balaban J connectivity index is 1.67. The molecule has 3 aromatic rings. The number of carbonyl (C=O) groups is 1. The van der Waals surface area contributed by atoms with Crippen molar-refractivity contribution in [1.29, 1.82) is 0 Å². The number of ether oxygens (including phenoxy) is 2. The predicted molar refractivity (Wildman–Crippen MR) is 114 cm³/mol. The van der Waals surface area contributed by atoms with E-state index in [0.717, 1.165) is 23.2 Å².